The number of nitrogens with zero attached hydrogens (tertiary/aromatic N) is 5. The number of nitrogens with one attached hydrogen (secondary N) is 1. The van der Waals surface area contributed by atoms with Gasteiger partial charge in [0, 0.05) is 54.9 Å². The van der Waals surface area contributed by atoms with E-state index in [1.54, 1.807) is 0 Å². The molecule has 2 aromatic carbocycles. The summed E-state index contributed by atoms with van der Waals surface area (Å²) < 4.78 is 138. The second kappa shape index (κ2) is 7.64. The maximum Gasteiger partial charge on any atom is 0.238 e. The highest BCUT2D eigenvalue weighted by Gasteiger charge is 2.14. The smallest absolute Gasteiger partial charge is 0.238 e. The van der Waals surface area contributed by atoms with E-state index in [2.05, 4.69) is 20.4 Å². The molecule has 0 spiro atoms. The molecule has 0 radical (unpaired) electrons. The first-order chi connectivity index (χ1) is 20.4. The van der Waals surface area contributed by atoms with Crippen molar-refractivity contribution in [3.05, 3.63) is 59.8 Å². The van der Waals surface area contributed by atoms with E-state index in [9.17, 15) is 8.42 Å². The molecule has 0 unspecified atom stereocenters. The van der Waals surface area contributed by atoms with Crippen molar-refractivity contribution in [3.8, 4) is 0 Å². The van der Waals surface area contributed by atoms with E-state index in [4.69, 9.17) is 24.3 Å². The summed E-state index contributed by atoms with van der Waals surface area (Å²) in [6.07, 6.45) is -0.836. The van der Waals surface area contributed by atoms with Crippen LogP contribution in [0.5, 0.6) is 0 Å². The van der Waals surface area contributed by atoms with Crippen molar-refractivity contribution in [1.29, 1.82) is 0 Å². The van der Waals surface area contributed by atoms with Gasteiger partial charge in [0.2, 0.25) is 16.0 Å². The lowest BCUT2D eigenvalue weighted by Gasteiger charge is -2.19. The normalized spacial score (nSPS) is 19.4. The molecule has 2 heterocycles. The zero-order valence-electron chi connectivity index (χ0n) is 29.8. The van der Waals surface area contributed by atoms with Gasteiger partial charge in [0.1, 0.15) is 5.82 Å². The fourth-order valence-corrected chi connectivity index (χ4v) is 3.47. The zero-order valence-corrected chi connectivity index (χ0v) is 16.6. The van der Waals surface area contributed by atoms with E-state index in [0.29, 0.717) is 5.56 Å². The Balaban J connectivity index is 2.02. The van der Waals surface area contributed by atoms with Gasteiger partial charge in [-0.3, -0.25) is 4.68 Å². The molecule has 0 saturated carbocycles. The molecule has 0 aliphatic carbocycles. The van der Waals surface area contributed by atoms with E-state index in [-0.39, 0.29) is 20.2 Å². The Morgan fingerprint density at radius 1 is 1.29 bits per heavy atom. The van der Waals surface area contributed by atoms with Gasteiger partial charge in [0.15, 0.2) is 0 Å². The summed E-state index contributed by atoms with van der Waals surface area (Å²) in [5.74, 6) is -1.37. The summed E-state index contributed by atoms with van der Waals surface area (Å²) >= 11 is 0. The standard InChI is InChI=1S/C21H23N7O2S/c1-13-5-6-15(11-19(13)31(22,29)30)24-21-23-10-9-20(25-21)27(3)16-7-8-17-14(2)28(4)26-18(17)12-16/h5-12H,1-4H3,(H2,22,29,30)(H,23,24,25)/i2D3,3D3,4D3,7D,8D,9D,10D,12D. The van der Waals surface area contributed by atoms with Crippen molar-refractivity contribution in [2.75, 3.05) is 17.2 Å². The molecular weight excluding hydrogens is 414 g/mol. The van der Waals surface area contributed by atoms with Gasteiger partial charge in [-0.1, -0.05) is 6.07 Å². The monoisotopic (exact) mass is 451 g/mol. The lowest BCUT2D eigenvalue weighted by Crippen LogP contribution is -2.14. The molecule has 2 aromatic heterocycles. The number of primary sulfonamides is 1. The number of aryl methyl sites for hydroxylation is 3. The highest BCUT2D eigenvalue weighted by molar-refractivity contribution is 7.89. The molecule has 3 N–H and O–H groups in total. The van der Waals surface area contributed by atoms with E-state index in [1.165, 1.54) is 19.1 Å². The minimum absolute atomic E-state index is 0.0396. The number of anilines is 4. The predicted octanol–water partition coefficient (Wildman–Crippen LogP) is 3.14. The van der Waals surface area contributed by atoms with Crippen LogP contribution in [0.1, 0.15) is 30.4 Å². The van der Waals surface area contributed by atoms with Crippen molar-refractivity contribution in [1.82, 2.24) is 19.7 Å². The van der Waals surface area contributed by atoms with Gasteiger partial charge in [-0.25, -0.2) is 18.5 Å². The molecule has 9 nitrogen and oxygen atoms in total. The topological polar surface area (TPSA) is 119 Å². The van der Waals surface area contributed by atoms with Gasteiger partial charge in [0.05, 0.1) is 17.3 Å². The first-order valence-corrected chi connectivity index (χ1v) is 9.99. The van der Waals surface area contributed by atoms with Gasteiger partial charge in [-0.05, 0) is 55.6 Å². The zero-order chi connectivity index (χ0) is 34.2. The third-order valence-electron chi connectivity index (χ3n) is 4.16. The Labute approximate surface area is 200 Å². The highest BCUT2D eigenvalue weighted by atomic mass is 32.2. The van der Waals surface area contributed by atoms with Crippen LogP contribution in [0, 0.1) is 13.8 Å². The largest absolute Gasteiger partial charge is 0.329 e. The minimum Gasteiger partial charge on any atom is -0.329 e. The van der Waals surface area contributed by atoms with Crippen LogP contribution in [0.2, 0.25) is 0 Å². The number of fused-ring (bicyclic) bond motifs is 1. The van der Waals surface area contributed by atoms with Crippen LogP contribution < -0.4 is 15.4 Å². The minimum atomic E-state index is -4.16. The van der Waals surface area contributed by atoms with Gasteiger partial charge >= 0.3 is 0 Å². The molecule has 0 aliphatic rings. The number of benzene rings is 2. The third-order valence-corrected chi connectivity index (χ3v) is 5.21. The molecular formula is C21H23N7O2S. The number of aromatic nitrogens is 4. The van der Waals surface area contributed by atoms with Crippen LogP contribution in [0.25, 0.3) is 10.9 Å². The number of nitrogens with two attached hydrogens (primary N) is 1. The van der Waals surface area contributed by atoms with Gasteiger partial charge in [-0.15, -0.1) is 0 Å². The molecule has 10 heteroatoms. The van der Waals surface area contributed by atoms with E-state index in [1.807, 2.05) is 0 Å². The number of hydrogen-bond donors (Lipinski definition) is 2. The van der Waals surface area contributed by atoms with Crippen molar-refractivity contribution in [2.24, 2.45) is 12.1 Å². The fraction of sp³-hybridized carbons (Fsp3) is 0.190. The van der Waals surface area contributed by atoms with Crippen LogP contribution in [0.3, 0.4) is 0 Å². The third kappa shape index (κ3) is 4.07. The van der Waals surface area contributed by atoms with Crippen molar-refractivity contribution in [2.45, 2.75) is 18.7 Å². The summed E-state index contributed by atoms with van der Waals surface area (Å²) in [6.45, 7) is -8.26. The molecule has 4 aromatic rings. The van der Waals surface area contributed by atoms with E-state index < -0.39 is 95.2 Å². The number of hydrogen-bond acceptors (Lipinski definition) is 7. The first kappa shape index (κ1) is 9.75. The van der Waals surface area contributed by atoms with Crippen LogP contribution in [-0.4, -0.2) is 35.1 Å². The summed E-state index contributed by atoms with van der Waals surface area (Å²) in [4.78, 5) is 7.73. The first-order valence-electron chi connectivity index (χ1n) is 15.4. The summed E-state index contributed by atoms with van der Waals surface area (Å²) in [5, 5.41) is 10.9. The summed E-state index contributed by atoms with van der Waals surface area (Å²) in [5.41, 5.74) is -2.25. The van der Waals surface area contributed by atoms with Gasteiger partial charge in [0.25, 0.3) is 0 Å². The average Bonchev–Trinajstić information content (AvgIpc) is 3.30. The van der Waals surface area contributed by atoms with E-state index >= 15 is 0 Å². The molecule has 4 rings (SSSR count). The molecule has 0 atom stereocenters. The Morgan fingerprint density at radius 3 is 2.90 bits per heavy atom. The van der Waals surface area contributed by atoms with E-state index in [0.717, 1.165) is 6.07 Å². The molecule has 0 fully saturated rings. The van der Waals surface area contributed by atoms with Crippen LogP contribution in [-0.2, 0) is 17.0 Å². The highest BCUT2D eigenvalue weighted by Crippen LogP contribution is 2.28. The molecule has 160 valence electrons. The van der Waals surface area contributed by atoms with Crippen molar-refractivity contribution < 1.29 is 27.6 Å². The van der Waals surface area contributed by atoms with Crippen LogP contribution >= 0.6 is 0 Å². The molecule has 0 saturated heterocycles. The maximum atomic E-state index is 12.0. The summed E-state index contributed by atoms with van der Waals surface area (Å²) in [6, 6.07) is 0.0655. The Morgan fingerprint density at radius 2 is 2.16 bits per heavy atom. The second-order valence-electron chi connectivity index (χ2n) is 6.30. The van der Waals surface area contributed by atoms with Crippen LogP contribution in [0.15, 0.2) is 53.4 Å². The van der Waals surface area contributed by atoms with Gasteiger partial charge < -0.3 is 10.2 Å². The van der Waals surface area contributed by atoms with Crippen LogP contribution in [0.4, 0.5) is 23.1 Å². The van der Waals surface area contributed by atoms with Gasteiger partial charge in [-0.2, -0.15) is 10.1 Å². The lowest BCUT2D eigenvalue weighted by molar-refractivity contribution is 0.597. The van der Waals surface area contributed by atoms with Crippen molar-refractivity contribution in [3.63, 3.8) is 0 Å². The fourth-order valence-electron chi connectivity index (χ4n) is 2.67. The Bertz CT molecular complexity index is 1950. The Kier molecular flexibility index (Phi) is 2.40. The lowest BCUT2D eigenvalue weighted by atomic mass is 10.2. The SMILES string of the molecule is [2H]c1nc(Nc2ccc(C)c(S(N)(=O)=O)c2)nc(N(c2c([2H])c([2H])c3c(C([2H])([2H])[2H])n(C([2H])([2H])[2H])nc3c2[2H])C([2H])([2H])[2H])c1[2H]. The molecule has 0 aliphatic heterocycles. The maximum absolute atomic E-state index is 12.0. The molecule has 0 bridgehead atoms. The summed E-state index contributed by atoms with van der Waals surface area (Å²) in [7, 11) is -4.16. The number of sulfonamides is 1. The quantitative estimate of drug-likeness (QED) is 0.478. The Hall–Kier alpha value is -3.50. The number of rotatable bonds is 5. The predicted molar refractivity (Wildman–Crippen MR) is 121 cm³/mol. The molecule has 31 heavy (non-hydrogen) atoms. The van der Waals surface area contributed by atoms with Crippen molar-refractivity contribution >= 4 is 44.1 Å². The molecule has 0 amide bonds. The average molecular weight is 452 g/mol. The second-order valence-corrected chi connectivity index (χ2v) is 7.83.